The Labute approximate surface area is 407 Å². The molecule has 0 heterocycles. The average Bonchev–Trinajstić information content (AvgIpc) is 4.11. The highest BCUT2D eigenvalue weighted by Gasteiger charge is 2.42. The second-order valence-electron chi connectivity index (χ2n) is 21.2. The zero-order valence-corrected chi connectivity index (χ0v) is 43.8. The Bertz CT molecular complexity index is 1970. The van der Waals surface area contributed by atoms with Crippen LogP contribution < -0.4 is 0 Å². The largest absolute Gasteiger partial charge is 0.333 e. The van der Waals surface area contributed by atoms with Crippen LogP contribution in [0.15, 0.2) is 134 Å². The molecule has 2 aromatic carbocycles. The van der Waals surface area contributed by atoms with E-state index < -0.39 is 0 Å². The van der Waals surface area contributed by atoms with Gasteiger partial charge in [0.2, 0.25) is 0 Å². The number of unbranched alkanes of at least 4 members (excludes halogenated alkanes) is 8. The monoisotopic (exact) mass is 887 g/mol. The molecule has 0 aromatic heterocycles. The first kappa shape index (κ1) is 53.4. The van der Waals surface area contributed by atoms with Gasteiger partial charge >= 0.3 is 0 Å². The van der Waals surface area contributed by atoms with Crippen LogP contribution in [0.25, 0.3) is 10.9 Å². The van der Waals surface area contributed by atoms with Gasteiger partial charge in [0, 0.05) is 11.8 Å². The summed E-state index contributed by atoms with van der Waals surface area (Å²) >= 11 is 0. The predicted octanol–water partition coefficient (Wildman–Crippen LogP) is 18.0. The summed E-state index contributed by atoms with van der Waals surface area (Å²) in [6.45, 7) is 32.1. The molecule has 2 nitrogen and oxygen atoms in total. The molecule has 4 aliphatic carbocycles. The van der Waals surface area contributed by atoms with E-state index in [1.54, 1.807) is 22.1 Å². The molecule has 0 radical (unpaired) electrons. The molecule has 0 N–H and O–H groups in total. The first-order chi connectivity index (χ1) is 31.9. The highest BCUT2D eigenvalue weighted by molar-refractivity contribution is 6.80. The lowest BCUT2D eigenvalue weighted by Crippen LogP contribution is -2.50. The summed E-state index contributed by atoms with van der Waals surface area (Å²) < 4.78 is 0. The van der Waals surface area contributed by atoms with E-state index in [4.69, 9.17) is 0 Å². The molecular weight excluding hydrogens is 794 g/mol. The second kappa shape index (κ2) is 27.4. The normalized spacial score (nSPS) is 19.4. The molecule has 66 heavy (non-hydrogen) atoms. The molecule has 0 aliphatic heterocycles. The molecular formula is C62H92B2N2. The Morgan fingerprint density at radius 3 is 1.35 bits per heavy atom. The highest BCUT2D eigenvalue weighted by Crippen LogP contribution is 2.47. The minimum absolute atomic E-state index is 0.389. The third-order valence-electron chi connectivity index (χ3n) is 14.9. The summed E-state index contributed by atoms with van der Waals surface area (Å²) in [6, 6.07) is 20.4. The molecule has 4 aliphatic rings. The van der Waals surface area contributed by atoms with Gasteiger partial charge < -0.3 is 9.62 Å². The first-order valence-electron chi connectivity index (χ1n) is 27.1. The Hall–Kier alpha value is -3.59. The number of fused-ring (bicyclic) bond motifs is 2. The Morgan fingerprint density at radius 2 is 0.909 bits per heavy atom. The van der Waals surface area contributed by atoms with Gasteiger partial charge in [0.1, 0.15) is 0 Å². The van der Waals surface area contributed by atoms with E-state index in [0.29, 0.717) is 61.3 Å². The summed E-state index contributed by atoms with van der Waals surface area (Å²) in [5, 5.41) is 0. The molecule has 6 rings (SSSR count). The van der Waals surface area contributed by atoms with Crippen LogP contribution in [0.5, 0.6) is 0 Å². The molecule has 0 bridgehead atoms. The van der Waals surface area contributed by atoms with Crippen molar-refractivity contribution in [2.45, 2.75) is 220 Å². The zero-order valence-electron chi connectivity index (χ0n) is 43.8. The Morgan fingerprint density at radius 1 is 0.500 bits per heavy atom. The first-order valence-corrected chi connectivity index (χ1v) is 27.1. The van der Waals surface area contributed by atoms with Crippen LogP contribution >= 0.6 is 0 Å². The molecule has 4 atom stereocenters. The van der Waals surface area contributed by atoms with Crippen LogP contribution in [-0.4, -0.2) is 47.5 Å². The summed E-state index contributed by atoms with van der Waals surface area (Å²) in [6.07, 6.45) is 44.4. The maximum atomic E-state index is 3.93. The van der Waals surface area contributed by atoms with E-state index >= 15 is 0 Å². The fraction of sp³-hybridized carbons (Fsp3) is 0.548. The quantitative estimate of drug-likeness (QED) is 0.0477. The fourth-order valence-corrected chi connectivity index (χ4v) is 12.0. The number of allylic oxidation sites excluding steroid dienone is 12. The van der Waals surface area contributed by atoms with Gasteiger partial charge in [0.25, 0.3) is 13.7 Å². The van der Waals surface area contributed by atoms with E-state index in [0.717, 1.165) is 19.3 Å². The summed E-state index contributed by atoms with van der Waals surface area (Å²) in [5.74, 6) is 1.98. The van der Waals surface area contributed by atoms with Gasteiger partial charge in [-0.25, -0.2) is 0 Å². The lowest BCUT2D eigenvalue weighted by Gasteiger charge is -2.39. The van der Waals surface area contributed by atoms with Crippen LogP contribution in [0.2, 0.25) is 11.6 Å². The average molecular weight is 887 g/mol. The van der Waals surface area contributed by atoms with E-state index in [-0.39, 0.29) is 0 Å². The molecule has 0 saturated heterocycles. The lowest BCUT2D eigenvalue weighted by molar-refractivity contribution is 0.305. The fourth-order valence-electron chi connectivity index (χ4n) is 12.0. The van der Waals surface area contributed by atoms with Crippen molar-refractivity contribution in [3.05, 3.63) is 156 Å². The summed E-state index contributed by atoms with van der Waals surface area (Å²) in [7, 11) is 0. The zero-order chi connectivity index (χ0) is 47.6. The topological polar surface area (TPSA) is 6.48 Å². The van der Waals surface area contributed by atoms with E-state index in [1.807, 2.05) is 6.08 Å². The number of benzene rings is 2. The minimum atomic E-state index is 0.389. The molecule has 2 aromatic rings. The summed E-state index contributed by atoms with van der Waals surface area (Å²) in [4.78, 5) is 5.50. The maximum Gasteiger partial charge on any atom is 0.269 e. The van der Waals surface area contributed by atoms with Crippen molar-refractivity contribution in [2.24, 2.45) is 0 Å². The molecule has 0 spiro atoms. The SMILES string of the molecule is C=CCCCC1=CC(B(C2=CC(CCCCCC)c3ccccc32)N(C(C)C)C(C)C)C=C1.C=CCCCC1C=C(B(C2C=CC(CCCCCC)=C2)N(C(C)C)C(C)C)c2ccccc21. The molecule has 4 unspecified atom stereocenters. The third kappa shape index (κ3) is 14.2. The van der Waals surface area contributed by atoms with E-state index in [9.17, 15) is 0 Å². The number of hydrogen-bond acceptors (Lipinski definition) is 2. The molecule has 4 heteroatoms. The van der Waals surface area contributed by atoms with Gasteiger partial charge in [-0.1, -0.05) is 246 Å². The van der Waals surface area contributed by atoms with Crippen molar-refractivity contribution in [1.82, 2.24) is 9.62 Å². The van der Waals surface area contributed by atoms with Crippen molar-refractivity contribution in [1.29, 1.82) is 0 Å². The summed E-state index contributed by atoms with van der Waals surface area (Å²) in [5.41, 5.74) is 12.2. The van der Waals surface area contributed by atoms with Gasteiger partial charge in [-0.2, -0.15) is 0 Å². The van der Waals surface area contributed by atoms with Crippen LogP contribution in [0.1, 0.15) is 206 Å². The number of rotatable bonds is 28. The molecule has 0 amide bonds. The van der Waals surface area contributed by atoms with Crippen molar-refractivity contribution in [2.75, 3.05) is 0 Å². The van der Waals surface area contributed by atoms with Crippen molar-refractivity contribution in [3.8, 4) is 0 Å². The van der Waals surface area contributed by atoms with E-state index in [2.05, 4.69) is 195 Å². The Balaban J connectivity index is 0.000000247. The highest BCUT2D eigenvalue weighted by atomic mass is 15.1. The van der Waals surface area contributed by atoms with Gasteiger partial charge in [0.05, 0.1) is 0 Å². The Kier molecular flexibility index (Phi) is 22.2. The standard InChI is InChI=1S/2C31H46BN/c1-7-9-11-13-16-26-20-21-28(22-26)32(33(24(3)4)25(5)6)31-23-27(17-12-10-8-2)29-18-14-15-19-30(29)31;1-7-9-11-13-17-27-23-31(30-19-15-14-18-29(27)30)32(33(24(3)4)25(5)6)28-21-20-26(22-28)16-12-10-8-2/h2*8,14-15,18-25,27-28H,2,7,9-13,16-17H2,1,3-6H3. The van der Waals surface area contributed by atoms with Gasteiger partial charge in [-0.15, -0.1) is 13.2 Å². The number of nitrogens with zero attached hydrogens (tertiary/aromatic N) is 2. The van der Waals surface area contributed by atoms with Crippen LogP contribution in [0.3, 0.4) is 0 Å². The lowest BCUT2D eigenvalue weighted by atomic mass is 9.43. The number of hydrogen-bond donors (Lipinski definition) is 0. The van der Waals surface area contributed by atoms with Gasteiger partial charge in [-0.3, -0.25) is 0 Å². The molecule has 0 saturated carbocycles. The maximum absolute atomic E-state index is 3.93. The van der Waals surface area contributed by atoms with Crippen LogP contribution in [0.4, 0.5) is 0 Å². The van der Waals surface area contributed by atoms with Crippen molar-refractivity contribution < 1.29 is 0 Å². The van der Waals surface area contributed by atoms with Crippen LogP contribution in [-0.2, 0) is 0 Å². The van der Waals surface area contributed by atoms with Crippen molar-refractivity contribution in [3.63, 3.8) is 0 Å². The predicted molar refractivity (Wildman–Crippen MR) is 298 cm³/mol. The van der Waals surface area contributed by atoms with Gasteiger partial charge in [-0.05, 0) is 116 Å². The van der Waals surface area contributed by atoms with E-state index in [1.165, 1.54) is 106 Å². The van der Waals surface area contributed by atoms with Gasteiger partial charge in [0.15, 0.2) is 0 Å². The smallest absolute Gasteiger partial charge is 0.269 e. The third-order valence-corrected chi connectivity index (χ3v) is 14.9. The molecule has 0 fully saturated rings. The second-order valence-corrected chi connectivity index (χ2v) is 21.2. The molecule has 356 valence electrons. The minimum Gasteiger partial charge on any atom is -0.333 e. The van der Waals surface area contributed by atoms with Crippen LogP contribution in [0, 0.1) is 0 Å². The van der Waals surface area contributed by atoms with Crippen molar-refractivity contribution >= 4 is 24.6 Å².